The maximum Gasteiger partial charge on any atom is 0.258 e. The highest BCUT2D eigenvalue weighted by Crippen LogP contribution is 2.28. The van der Waals surface area contributed by atoms with Crippen molar-refractivity contribution in [2.45, 2.75) is 36.5 Å². The maximum atomic E-state index is 12.8. The fraction of sp³-hybridized carbons (Fsp3) is 0.182. The number of anilines is 1. The summed E-state index contributed by atoms with van der Waals surface area (Å²) in [5, 5.41) is 3.65. The molecule has 1 N–H and O–H groups in total. The Bertz CT molecular complexity index is 898. The molecule has 0 saturated heterocycles. The monoisotopic (exact) mass is 378 g/mol. The average Bonchev–Trinajstić information content (AvgIpc) is 2.68. The van der Waals surface area contributed by atoms with Crippen LogP contribution >= 0.6 is 11.8 Å². The number of ether oxygens (including phenoxy) is 1. The number of rotatable bonds is 7. The first-order chi connectivity index (χ1) is 13.1. The Hall–Kier alpha value is -2.63. The predicted octanol–water partition coefficient (Wildman–Crippen LogP) is 5.41. The number of nitrogens with zero attached hydrogens (tertiary/aromatic N) is 1. The molecule has 0 unspecified atom stereocenters. The lowest BCUT2D eigenvalue weighted by atomic mass is 10.2. The van der Waals surface area contributed by atoms with Crippen LogP contribution in [0.15, 0.2) is 82.8 Å². The molecule has 5 heteroatoms. The fourth-order valence-corrected chi connectivity index (χ4v) is 3.35. The summed E-state index contributed by atoms with van der Waals surface area (Å²) >= 11 is 1.48. The van der Waals surface area contributed by atoms with E-state index in [1.807, 2.05) is 68.4 Å². The van der Waals surface area contributed by atoms with Gasteiger partial charge >= 0.3 is 0 Å². The second-order valence-corrected chi connectivity index (χ2v) is 7.35. The predicted molar refractivity (Wildman–Crippen MR) is 109 cm³/mol. The van der Waals surface area contributed by atoms with Crippen LogP contribution in [0.2, 0.25) is 0 Å². The van der Waals surface area contributed by atoms with Gasteiger partial charge in [-0.05, 0) is 55.8 Å². The molecule has 0 atom stereocenters. The van der Waals surface area contributed by atoms with Crippen molar-refractivity contribution in [1.29, 1.82) is 0 Å². The zero-order valence-corrected chi connectivity index (χ0v) is 16.2. The number of carbonyl (C=O) groups excluding carboxylic acids is 1. The first-order valence-corrected chi connectivity index (χ1v) is 9.63. The Morgan fingerprint density at radius 3 is 2.67 bits per heavy atom. The summed E-state index contributed by atoms with van der Waals surface area (Å²) in [4.78, 5) is 18.2. The van der Waals surface area contributed by atoms with Crippen molar-refractivity contribution in [3.8, 4) is 0 Å². The van der Waals surface area contributed by atoms with Crippen LogP contribution in [0.4, 0.5) is 5.69 Å². The molecule has 3 rings (SSSR count). The van der Waals surface area contributed by atoms with Gasteiger partial charge in [0, 0.05) is 16.8 Å². The highest BCUT2D eigenvalue weighted by Gasteiger charge is 2.14. The minimum absolute atomic E-state index is 0.163. The molecule has 0 aliphatic rings. The molecule has 1 aromatic heterocycles. The highest BCUT2D eigenvalue weighted by molar-refractivity contribution is 7.99. The normalized spacial score (nSPS) is 10.8. The van der Waals surface area contributed by atoms with E-state index in [4.69, 9.17) is 4.74 Å². The lowest BCUT2D eigenvalue weighted by Gasteiger charge is -2.11. The van der Waals surface area contributed by atoms with Crippen LogP contribution in [0.1, 0.15) is 29.8 Å². The molecule has 138 valence electrons. The fourth-order valence-electron chi connectivity index (χ4n) is 2.45. The van der Waals surface area contributed by atoms with E-state index in [-0.39, 0.29) is 12.0 Å². The van der Waals surface area contributed by atoms with Gasteiger partial charge in [0.15, 0.2) is 0 Å². The van der Waals surface area contributed by atoms with Gasteiger partial charge in [0.2, 0.25) is 0 Å². The molecular weight excluding hydrogens is 356 g/mol. The molecule has 0 bridgehead atoms. The summed E-state index contributed by atoms with van der Waals surface area (Å²) in [6, 6.07) is 21.2. The number of hydrogen-bond donors (Lipinski definition) is 1. The minimum atomic E-state index is -0.177. The van der Waals surface area contributed by atoms with E-state index in [9.17, 15) is 4.79 Å². The summed E-state index contributed by atoms with van der Waals surface area (Å²) in [5.74, 6) is -0.177. The zero-order chi connectivity index (χ0) is 19.1. The first kappa shape index (κ1) is 19.1. The Morgan fingerprint density at radius 2 is 1.89 bits per heavy atom. The third-order valence-electron chi connectivity index (χ3n) is 3.74. The molecule has 0 fully saturated rings. The molecular formula is C22H22N2O2S. The third kappa shape index (κ3) is 5.67. The Kier molecular flexibility index (Phi) is 6.63. The van der Waals surface area contributed by atoms with Gasteiger partial charge in [0.05, 0.1) is 18.3 Å². The van der Waals surface area contributed by atoms with Crippen molar-refractivity contribution in [2.24, 2.45) is 0 Å². The Balaban J connectivity index is 1.74. The molecule has 4 nitrogen and oxygen atoms in total. The molecule has 2 aromatic carbocycles. The molecule has 0 radical (unpaired) electrons. The summed E-state index contributed by atoms with van der Waals surface area (Å²) in [6.07, 6.45) is 1.86. The van der Waals surface area contributed by atoms with Gasteiger partial charge in [0.25, 0.3) is 5.91 Å². The number of benzene rings is 2. The molecule has 0 aliphatic heterocycles. The molecule has 0 spiro atoms. The van der Waals surface area contributed by atoms with Crippen LogP contribution in [0, 0.1) is 0 Å². The average molecular weight is 378 g/mol. The highest BCUT2D eigenvalue weighted by atomic mass is 32.2. The van der Waals surface area contributed by atoms with Gasteiger partial charge in [-0.25, -0.2) is 4.98 Å². The van der Waals surface area contributed by atoms with Crippen molar-refractivity contribution in [3.05, 3.63) is 84.1 Å². The number of amides is 1. The van der Waals surface area contributed by atoms with Crippen molar-refractivity contribution >= 4 is 23.4 Å². The Morgan fingerprint density at radius 1 is 1.07 bits per heavy atom. The molecule has 1 heterocycles. The molecule has 3 aromatic rings. The summed E-state index contributed by atoms with van der Waals surface area (Å²) in [5.41, 5.74) is 2.31. The van der Waals surface area contributed by atoms with Crippen LogP contribution in [-0.2, 0) is 11.3 Å². The maximum absolute atomic E-state index is 12.8. The zero-order valence-electron chi connectivity index (χ0n) is 15.4. The van der Waals surface area contributed by atoms with Gasteiger partial charge in [-0.15, -0.1) is 0 Å². The standard InChI is InChI=1S/C22H22N2O2S/c1-16(2)26-15-17-8-6-9-18(14-17)24-21(25)20-12-7-13-23-22(20)27-19-10-4-3-5-11-19/h3-14,16H,15H2,1-2H3,(H,24,25). The smallest absolute Gasteiger partial charge is 0.258 e. The van der Waals surface area contributed by atoms with Gasteiger partial charge in [0.1, 0.15) is 5.03 Å². The van der Waals surface area contributed by atoms with Crippen LogP contribution in [0.5, 0.6) is 0 Å². The van der Waals surface area contributed by atoms with Gasteiger partial charge in [-0.3, -0.25) is 4.79 Å². The molecule has 27 heavy (non-hydrogen) atoms. The van der Waals surface area contributed by atoms with E-state index >= 15 is 0 Å². The second-order valence-electron chi connectivity index (χ2n) is 6.29. The van der Waals surface area contributed by atoms with E-state index in [2.05, 4.69) is 10.3 Å². The van der Waals surface area contributed by atoms with Gasteiger partial charge in [-0.1, -0.05) is 42.1 Å². The van der Waals surface area contributed by atoms with Crippen molar-refractivity contribution in [2.75, 3.05) is 5.32 Å². The number of nitrogens with one attached hydrogen (secondary N) is 1. The minimum Gasteiger partial charge on any atom is -0.374 e. The molecule has 0 saturated carbocycles. The summed E-state index contributed by atoms with van der Waals surface area (Å²) < 4.78 is 5.63. The van der Waals surface area contributed by atoms with Gasteiger partial charge < -0.3 is 10.1 Å². The van der Waals surface area contributed by atoms with E-state index in [1.165, 1.54) is 11.8 Å². The Labute approximate surface area is 164 Å². The molecule has 0 aliphatic carbocycles. The third-order valence-corrected chi connectivity index (χ3v) is 4.77. The SMILES string of the molecule is CC(C)OCc1cccc(NC(=O)c2cccnc2Sc2ccccc2)c1. The van der Waals surface area contributed by atoms with Crippen molar-refractivity contribution < 1.29 is 9.53 Å². The molecule has 1 amide bonds. The number of pyridine rings is 1. The van der Waals surface area contributed by atoms with E-state index < -0.39 is 0 Å². The second kappa shape index (κ2) is 9.35. The van der Waals surface area contributed by atoms with E-state index in [1.54, 1.807) is 18.3 Å². The van der Waals surface area contributed by atoms with Crippen molar-refractivity contribution in [1.82, 2.24) is 4.98 Å². The lowest BCUT2D eigenvalue weighted by Crippen LogP contribution is -2.14. The quantitative estimate of drug-likeness (QED) is 0.597. The van der Waals surface area contributed by atoms with Crippen LogP contribution in [0.25, 0.3) is 0 Å². The number of carbonyl (C=O) groups is 1. The van der Waals surface area contributed by atoms with Crippen LogP contribution in [-0.4, -0.2) is 17.0 Å². The lowest BCUT2D eigenvalue weighted by molar-refractivity contribution is 0.0657. The summed E-state index contributed by atoms with van der Waals surface area (Å²) in [7, 11) is 0. The van der Waals surface area contributed by atoms with E-state index in [0.717, 1.165) is 16.1 Å². The van der Waals surface area contributed by atoms with Crippen molar-refractivity contribution in [3.63, 3.8) is 0 Å². The summed E-state index contributed by atoms with van der Waals surface area (Å²) in [6.45, 7) is 4.52. The van der Waals surface area contributed by atoms with E-state index in [0.29, 0.717) is 17.2 Å². The first-order valence-electron chi connectivity index (χ1n) is 8.81. The number of hydrogen-bond acceptors (Lipinski definition) is 4. The topological polar surface area (TPSA) is 51.2 Å². The largest absolute Gasteiger partial charge is 0.374 e. The van der Waals surface area contributed by atoms with Crippen LogP contribution < -0.4 is 5.32 Å². The van der Waals surface area contributed by atoms with Gasteiger partial charge in [-0.2, -0.15) is 0 Å². The number of aromatic nitrogens is 1. The van der Waals surface area contributed by atoms with Crippen LogP contribution in [0.3, 0.4) is 0 Å².